The van der Waals surface area contributed by atoms with E-state index < -0.39 is 21.7 Å². The van der Waals surface area contributed by atoms with Crippen LogP contribution in [-0.4, -0.2) is 20.1 Å². The quantitative estimate of drug-likeness (QED) is 0.655. The van der Waals surface area contributed by atoms with Crippen molar-refractivity contribution in [2.75, 3.05) is 10.0 Å². The summed E-state index contributed by atoms with van der Waals surface area (Å²) in [5.41, 5.74) is 2.26. The molecule has 0 aromatic heterocycles. The number of hydrogen-bond donors (Lipinski definition) is 1. The van der Waals surface area contributed by atoms with Gasteiger partial charge < -0.3 is 0 Å². The van der Waals surface area contributed by atoms with Crippen molar-refractivity contribution in [1.82, 2.24) is 0 Å². The van der Waals surface area contributed by atoms with Crippen LogP contribution in [0.2, 0.25) is 0 Å². The minimum Gasteiger partial charge on any atom is -0.283 e. The fourth-order valence-electron chi connectivity index (χ4n) is 3.25. The number of hydrazine groups is 1. The van der Waals surface area contributed by atoms with Gasteiger partial charge in [-0.2, -0.15) is 0 Å². The SMILES string of the molecule is NS(=O)(=O)c1ccc(N(Cc2ccccc2)N2C(=O)C(=O)c3ccccc32)cc1. The molecule has 0 radical (unpaired) electrons. The number of rotatable bonds is 5. The van der Waals surface area contributed by atoms with Crippen LogP contribution in [-0.2, 0) is 21.4 Å². The van der Waals surface area contributed by atoms with Crippen molar-refractivity contribution in [1.29, 1.82) is 0 Å². The van der Waals surface area contributed by atoms with Gasteiger partial charge in [-0.25, -0.2) is 18.6 Å². The summed E-state index contributed by atoms with van der Waals surface area (Å²) >= 11 is 0. The Bertz CT molecular complexity index is 1190. The topological polar surface area (TPSA) is 101 Å². The maximum atomic E-state index is 12.8. The smallest absolute Gasteiger partial charge is 0.283 e. The largest absolute Gasteiger partial charge is 0.318 e. The summed E-state index contributed by atoms with van der Waals surface area (Å²) in [7, 11) is -3.84. The number of Topliss-reactive ketones (excluding diaryl/α,β-unsaturated/α-hetero) is 1. The molecule has 0 atom stereocenters. The van der Waals surface area contributed by atoms with E-state index in [-0.39, 0.29) is 4.90 Å². The first-order valence-electron chi connectivity index (χ1n) is 8.78. The number of benzene rings is 3. The summed E-state index contributed by atoms with van der Waals surface area (Å²) in [6, 6.07) is 22.1. The van der Waals surface area contributed by atoms with Crippen molar-refractivity contribution >= 4 is 33.1 Å². The fourth-order valence-corrected chi connectivity index (χ4v) is 3.77. The van der Waals surface area contributed by atoms with Crippen LogP contribution in [0.1, 0.15) is 15.9 Å². The van der Waals surface area contributed by atoms with Crippen molar-refractivity contribution in [2.45, 2.75) is 11.4 Å². The molecule has 0 aliphatic carbocycles. The molecule has 29 heavy (non-hydrogen) atoms. The Kier molecular flexibility index (Phi) is 4.65. The van der Waals surface area contributed by atoms with Crippen molar-refractivity contribution < 1.29 is 18.0 Å². The van der Waals surface area contributed by atoms with Gasteiger partial charge in [-0.05, 0) is 42.0 Å². The van der Waals surface area contributed by atoms with Gasteiger partial charge in [0, 0.05) is 0 Å². The molecule has 1 aliphatic heterocycles. The Morgan fingerprint density at radius 3 is 2.10 bits per heavy atom. The van der Waals surface area contributed by atoms with E-state index in [9.17, 15) is 18.0 Å². The molecular formula is C21H17N3O4S. The minimum absolute atomic E-state index is 0.0369. The van der Waals surface area contributed by atoms with E-state index in [1.165, 1.54) is 17.1 Å². The van der Waals surface area contributed by atoms with Crippen LogP contribution in [0.15, 0.2) is 83.8 Å². The molecule has 8 heteroatoms. The molecule has 0 saturated carbocycles. The van der Waals surface area contributed by atoms with Crippen LogP contribution in [0.4, 0.5) is 11.4 Å². The number of carbonyl (C=O) groups is 2. The predicted octanol–water partition coefficient (Wildman–Crippen LogP) is 2.49. The summed E-state index contributed by atoms with van der Waals surface area (Å²) < 4.78 is 23.1. The Morgan fingerprint density at radius 2 is 1.45 bits per heavy atom. The molecule has 0 bridgehead atoms. The number of sulfonamides is 1. The predicted molar refractivity (Wildman–Crippen MR) is 109 cm³/mol. The maximum Gasteiger partial charge on any atom is 0.318 e. The Balaban J connectivity index is 1.81. The Morgan fingerprint density at radius 1 is 0.828 bits per heavy atom. The third-order valence-corrected chi connectivity index (χ3v) is 5.57. The van der Waals surface area contributed by atoms with Gasteiger partial charge in [0.1, 0.15) is 0 Å². The normalized spacial score (nSPS) is 13.5. The lowest BCUT2D eigenvalue weighted by Crippen LogP contribution is -2.46. The van der Waals surface area contributed by atoms with Crippen molar-refractivity contribution in [3.05, 3.63) is 90.0 Å². The minimum atomic E-state index is -3.84. The molecule has 1 aliphatic rings. The van der Waals surface area contributed by atoms with Crippen LogP contribution >= 0.6 is 0 Å². The van der Waals surface area contributed by atoms with E-state index in [0.29, 0.717) is 23.5 Å². The molecule has 3 aromatic rings. The van der Waals surface area contributed by atoms with Gasteiger partial charge in [0.2, 0.25) is 10.0 Å². The molecule has 0 fully saturated rings. The first-order chi connectivity index (χ1) is 13.9. The number of nitrogens with two attached hydrogens (primary N) is 1. The van der Waals surface area contributed by atoms with Crippen LogP contribution in [0.25, 0.3) is 0 Å². The lowest BCUT2D eigenvalue weighted by atomic mass is 10.1. The van der Waals surface area contributed by atoms with Crippen molar-refractivity contribution in [2.24, 2.45) is 5.14 Å². The number of amides is 1. The molecule has 7 nitrogen and oxygen atoms in total. The highest BCUT2D eigenvalue weighted by Gasteiger charge is 2.39. The number of anilines is 2. The number of para-hydroxylation sites is 1. The van der Waals surface area contributed by atoms with Crippen molar-refractivity contribution in [3.63, 3.8) is 0 Å². The first-order valence-corrected chi connectivity index (χ1v) is 10.3. The lowest BCUT2D eigenvalue weighted by molar-refractivity contribution is -0.114. The first kappa shape index (κ1) is 18.9. The standard InChI is InChI=1S/C21H17N3O4S/c22-29(27,28)17-12-10-16(11-13-17)23(14-15-6-2-1-3-7-15)24-19-9-5-4-8-18(19)20(25)21(24)26/h1-13H,14H2,(H2,22,27,28). The van der Waals surface area contributed by atoms with Gasteiger partial charge in [-0.3, -0.25) is 14.6 Å². The average molecular weight is 407 g/mol. The zero-order valence-corrected chi connectivity index (χ0v) is 16.0. The molecule has 1 heterocycles. The second-order valence-electron chi connectivity index (χ2n) is 6.55. The van der Waals surface area contributed by atoms with E-state index >= 15 is 0 Å². The van der Waals surface area contributed by atoms with E-state index in [1.807, 2.05) is 30.3 Å². The van der Waals surface area contributed by atoms with Gasteiger partial charge in [-0.1, -0.05) is 42.5 Å². The number of fused-ring (bicyclic) bond motifs is 1. The number of carbonyl (C=O) groups excluding carboxylic acids is 2. The fraction of sp³-hybridized carbons (Fsp3) is 0.0476. The average Bonchev–Trinajstić information content (AvgIpc) is 2.97. The number of primary sulfonamides is 1. The van der Waals surface area contributed by atoms with Crippen LogP contribution in [0, 0.1) is 0 Å². The van der Waals surface area contributed by atoms with E-state index in [1.54, 1.807) is 41.4 Å². The van der Waals surface area contributed by atoms with Crippen LogP contribution in [0.5, 0.6) is 0 Å². The second kappa shape index (κ2) is 7.16. The zero-order chi connectivity index (χ0) is 20.6. The summed E-state index contributed by atoms with van der Waals surface area (Å²) in [6.07, 6.45) is 0. The molecule has 1 amide bonds. The monoisotopic (exact) mass is 407 g/mol. The Labute approximate surface area is 168 Å². The third kappa shape index (κ3) is 3.51. The Hall–Kier alpha value is -3.49. The molecule has 0 saturated heterocycles. The highest BCUT2D eigenvalue weighted by molar-refractivity contribution is 7.89. The van der Waals surface area contributed by atoms with Crippen molar-refractivity contribution in [3.8, 4) is 0 Å². The number of nitrogens with zero attached hydrogens (tertiary/aromatic N) is 2. The van der Waals surface area contributed by atoms with Gasteiger partial charge in [-0.15, -0.1) is 0 Å². The van der Waals surface area contributed by atoms with Crippen LogP contribution < -0.4 is 15.2 Å². The summed E-state index contributed by atoms with van der Waals surface area (Å²) in [6.45, 7) is 0.295. The molecular weight excluding hydrogens is 390 g/mol. The molecule has 0 spiro atoms. The highest BCUT2D eigenvalue weighted by Crippen LogP contribution is 2.33. The van der Waals surface area contributed by atoms with Gasteiger partial charge in [0.05, 0.1) is 28.4 Å². The lowest BCUT2D eigenvalue weighted by Gasteiger charge is -2.33. The molecule has 0 unspecified atom stereocenters. The van der Waals surface area contributed by atoms with Crippen LogP contribution in [0.3, 0.4) is 0 Å². The van der Waals surface area contributed by atoms with E-state index in [0.717, 1.165) is 5.56 Å². The molecule has 3 aromatic carbocycles. The number of hydrogen-bond acceptors (Lipinski definition) is 5. The second-order valence-corrected chi connectivity index (χ2v) is 8.11. The van der Waals surface area contributed by atoms with Gasteiger partial charge in [0.25, 0.3) is 5.78 Å². The maximum absolute atomic E-state index is 12.8. The third-order valence-electron chi connectivity index (χ3n) is 4.64. The molecule has 4 rings (SSSR count). The molecule has 2 N–H and O–H groups in total. The summed E-state index contributed by atoms with van der Waals surface area (Å²) in [5, 5.41) is 8.16. The van der Waals surface area contributed by atoms with E-state index in [2.05, 4.69) is 0 Å². The summed E-state index contributed by atoms with van der Waals surface area (Å²) in [5.74, 6) is -1.25. The van der Waals surface area contributed by atoms with Gasteiger partial charge in [0.15, 0.2) is 0 Å². The highest BCUT2D eigenvalue weighted by atomic mass is 32.2. The zero-order valence-electron chi connectivity index (χ0n) is 15.2. The molecule has 146 valence electrons. The van der Waals surface area contributed by atoms with Gasteiger partial charge >= 0.3 is 5.91 Å². The van der Waals surface area contributed by atoms with E-state index in [4.69, 9.17) is 5.14 Å². The number of ketones is 1. The summed E-state index contributed by atoms with van der Waals surface area (Å²) in [4.78, 5) is 25.2.